The Morgan fingerprint density at radius 2 is 2.15 bits per heavy atom. The molecule has 1 heterocycles. The highest BCUT2D eigenvalue weighted by molar-refractivity contribution is 4.78. The second-order valence-electron chi connectivity index (χ2n) is 4.81. The lowest BCUT2D eigenvalue weighted by atomic mass is 9.92. The molecule has 2 atom stereocenters. The van der Waals surface area contributed by atoms with Crippen molar-refractivity contribution >= 4 is 0 Å². The molecule has 0 bridgehead atoms. The Balaban J connectivity index is 2.35. The van der Waals surface area contributed by atoms with Gasteiger partial charge in [-0.15, -0.1) is 0 Å². The number of rotatable bonds is 3. The van der Waals surface area contributed by atoms with Gasteiger partial charge in [-0.2, -0.15) is 0 Å². The summed E-state index contributed by atoms with van der Waals surface area (Å²) >= 11 is 0. The van der Waals surface area contributed by atoms with Crippen LogP contribution in [0.15, 0.2) is 0 Å². The second-order valence-corrected chi connectivity index (χ2v) is 4.81. The standard InChI is InChI=1S/C11H23NO/c1-9(2)7-12-5-4-11(8-13)6-10(12)3/h9-11,13H,4-8H2,1-3H3. The normalized spacial score (nSPS) is 31.2. The van der Waals surface area contributed by atoms with Gasteiger partial charge in [-0.25, -0.2) is 0 Å². The minimum atomic E-state index is 0.375. The van der Waals surface area contributed by atoms with E-state index >= 15 is 0 Å². The number of piperidine rings is 1. The van der Waals surface area contributed by atoms with Crippen molar-refractivity contribution < 1.29 is 5.11 Å². The molecule has 2 heteroatoms. The number of hydrogen-bond acceptors (Lipinski definition) is 2. The lowest BCUT2D eigenvalue weighted by Gasteiger charge is -2.38. The molecular formula is C11H23NO. The highest BCUT2D eigenvalue weighted by atomic mass is 16.3. The third-order valence-electron chi connectivity index (χ3n) is 2.98. The molecule has 1 saturated heterocycles. The van der Waals surface area contributed by atoms with Crippen LogP contribution in [0.4, 0.5) is 0 Å². The molecule has 0 radical (unpaired) electrons. The summed E-state index contributed by atoms with van der Waals surface area (Å²) in [7, 11) is 0. The van der Waals surface area contributed by atoms with Crippen LogP contribution in [0, 0.1) is 11.8 Å². The van der Waals surface area contributed by atoms with Gasteiger partial charge in [-0.3, -0.25) is 0 Å². The van der Waals surface area contributed by atoms with Crippen molar-refractivity contribution in [3.63, 3.8) is 0 Å². The van der Waals surface area contributed by atoms with E-state index in [4.69, 9.17) is 5.11 Å². The molecule has 1 aliphatic heterocycles. The predicted octanol–water partition coefficient (Wildman–Crippen LogP) is 1.74. The fourth-order valence-electron chi connectivity index (χ4n) is 2.22. The van der Waals surface area contributed by atoms with Crippen LogP contribution in [0.2, 0.25) is 0 Å². The van der Waals surface area contributed by atoms with Gasteiger partial charge < -0.3 is 10.0 Å². The van der Waals surface area contributed by atoms with Crippen molar-refractivity contribution in [2.24, 2.45) is 11.8 Å². The molecule has 78 valence electrons. The van der Waals surface area contributed by atoms with Crippen molar-refractivity contribution in [2.75, 3.05) is 19.7 Å². The molecule has 1 N–H and O–H groups in total. The van der Waals surface area contributed by atoms with Gasteiger partial charge in [-0.05, 0) is 38.1 Å². The maximum atomic E-state index is 9.06. The number of hydrogen-bond donors (Lipinski definition) is 1. The highest BCUT2D eigenvalue weighted by Crippen LogP contribution is 2.22. The van der Waals surface area contributed by atoms with Crippen molar-refractivity contribution in [3.05, 3.63) is 0 Å². The van der Waals surface area contributed by atoms with Gasteiger partial charge in [0.2, 0.25) is 0 Å². The topological polar surface area (TPSA) is 23.5 Å². The zero-order valence-electron chi connectivity index (χ0n) is 9.16. The summed E-state index contributed by atoms with van der Waals surface area (Å²) in [5, 5.41) is 9.06. The van der Waals surface area contributed by atoms with Crippen LogP contribution in [-0.4, -0.2) is 35.7 Å². The molecular weight excluding hydrogens is 162 g/mol. The van der Waals surface area contributed by atoms with Gasteiger partial charge in [0.1, 0.15) is 0 Å². The molecule has 0 aromatic rings. The van der Waals surface area contributed by atoms with Gasteiger partial charge in [0.25, 0.3) is 0 Å². The molecule has 2 unspecified atom stereocenters. The summed E-state index contributed by atoms with van der Waals surface area (Å²) < 4.78 is 0. The maximum Gasteiger partial charge on any atom is 0.0460 e. The lowest BCUT2D eigenvalue weighted by molar-refractivity contribution is 0.0806. The van der Waals surface area contributed by atoms with Crippen LogP contribution in [0.5, 0.6) is 0 Å². The van der Waals surface area contributed by atoms with Gasteiger partial charge in [0, 0.05) is 19.2 Å². The molecule has 0 amide bonds. The number of likely N-dealkylation sites (tertiary alicyclic amines) is 1. The zero-order valence-corrected chi connectivity index (χ0v) is 9.16. The van der Waals surface area contributed by atoms with Crippen molar-refractivity contribution in [1.29, 1.82) is 0 Å². The Morgan fingerprint density at radius 1 is 1.46 bits per heavy atom. The van der Waals surface area contributed by atoms with E-state index in [2.05, 4.69) is 25.7 Å². The van der Waals surface area contributed by atoms with E-state index in [1.165, 1.54) is 25.9 Å². The summed E-state index contributed by atoms with van der Waals surface area (Å²) in [6, 6.07) is 0.660. The maximum absolute atomic E-state index is 9.06. The molecule has 0 spiro atoms. The quantitative estimate of drug-likeness (QED) is 0.724. The summed E-state index contributed by atoms with van der Waals surface area (Å²) in [6.07, 6.45) is 2.34. The lowest BCUT2D eigenvalue weighted by Crippen LogP contribution is -2.43. The third-order valence-corrected chi connectivity index (χ3v) is 2.98. The average molecular weight is 185 g/mol. The number of aliphatic hydroxyl groups excluding tert-OH is 1. The van der Waals surface area contributed by atoms with E-state index < -0.39 is 0 Å². The molecule has 0 aromatic carbocycles. The van der Waals surface area contributed by atoms with E-state index in [1.54, 1.807) is 0 Å². The monoisotopic (exact) mass is 185 g/mol. The van der Waals surface area contributed by atoms with Crippen LogP contribution in [-0.2, 0) is 0 Å². The molecule has 0 saturated carbocycles. The smallest absolute Gasteiger partial charge is 0.0460 e. The Morgan fingerprint density at radius 3 is 2.62 bits per heavy atom. The zero-order chi connectivity index (χ0) is 9.84. The van der Waals surface area contributed by atoms with Gasteiger partial charge in [-0.1, -0.05) is 13.8 Å². The van der Waals surface area contributed by atoms with Crippen LogP contribution in [0.1, 0.15) is 33.6 Å². The first-order valence-electron chi connectivity index (χ1n) is 5.48. The Kier molecular flexibility index (Phi) is 4.20. The molecule has 2 nitrogen and oxygen atoms in total. The van der Waals surface area contributed by atoms with E-state index in [9.17, 15) is 0 Å². The Bertz CT molecular complexity index is 147. The summed E-state index contributed by atoms with van der Waals surface area (Å²) in [4.78, 5) is 2.55. The first kappa shape index (κ1) is 11.0. The molecule has 13 heavy (non-hydrogen) atoms. The molecule has 1 fully saturated rings. The first-order chi connectivity index (χ1) is 6.13. The van der Waals surface area contributed by atoms with Crippen LogP contribution >= 0.6 is 0 Å². The molecule has 0 aromatic heterocycles. The van der Waals surface area contributed by atoms with Gasteiger partial charge >= 0.3 is 0 Å². The molecule has 0 aliphatic carbocycles. The number of aliphatic hydroxyl groups is 1. The molecule has 1 aliphatic rings. The van der Waals surface area contributed by atoms with E-state index in [1.807, 2.05) is 0 Å². The first-order valence-corrected chi connectivity index (χ1v) is 5.48. The predicted molar refractivity (Wildman–Crippen MR) is 55.7 cm³/mol. The highest BCUT2D eigenvalue weighted by Gasteiger charge is 2.24. The summed E-state index contributed by atoms with van der Waals surface area (Å²) in [5.41, 5.74) is 0. The average Bonchev–Trinajstić information content (AvgIpc) is 2.08. The van der Waals surface area contributed by atoms with Gasteiger partial charge in [0.05, 0.1) is 0 Å². The third kappa shape index (κ3) is 3.28. The second kappa shape index (κ2) is 4.97. The SMILES string of the molecule is CC(C)CN1CCC(CO)CC1C. The van der Waals surface area contributed by atoms with Crippen LogP contribution in [0.25, 0.3) is 0 Å². The minimum absolute atomic E-state index is 0.375. The van der Waals surface area contributed by atoms with Crippen LogP contribution < -0.4 is 0 Å². The molecule has 1 rings (SSSR count). The summed E-state index contributed by atoms with van der Waals surface area (Å²) in [5.74, 6) is 1.31. The van der Waals surface area contributed by atoms with E-state index in [0.29, 0.717) is 18.6 Å². The van der Waals surface area contributed by atoms with Crippen LogP contribution in [0.3, 0.4) is 0 Å². The minimum Gasteiger partial charge on any atom is -0.396 e. The van der Waals surface area contributed by atoms with Crippen molar-refractivity contribution in [2.45, 2.75) is 39.7 Å². The fraction of sp³-hybridized carbons (Fsp3) is 1.00. The van der Waals surface area contributed by atoms with E-state index in [-0.39, 0.29) is 0 Å². The van der Waals surface area contributed by atoms with Crippen molar-refractivity contribution in [3.8, 4) is 0 Å². The van der Waals surface area contributed by atoms with Crippen molar-refractivity contribution in [1.82, 2.24) is 4.90 Å². The Labute approximate surface area is 81.9 Å². The largest absolute Gasteiger partial charge is 0.396 e. The fourth-order valence-corrected chi connectivity index (χ4v) is 2.22. The Hall–Kier alpha value is -0.0800. The van der Waals surface area contributed by atoms with E-state index in [0.717, 1.165) is 5.92 Å². The number of nitrogens with zero attached hydrogens (tertiary/aromatic N) is 1. The summed E-state index contributed by atoms with van der Waals surface area (Å²) in [6.45, 7) is 9.57. The van der Waals surface area contributed by atoms with Gasteiger partial charge in [0.15, 0.2) is 0 Å².